The third-order valence-corrected chi connectivity index (χ3v) is 13.6. The summed E-state index contributed by atoms with van der Waals surface area (Å²) < 4.78 is 13.2. The maximum atomic E-state index is 13.8. The van der Waals surface area contributed by atoms with Crippen LogP contribution in [0.4, 0.5) is 0 Å². The second-order valence-corrected chi connectivity index (χ2v) is 14.6. The average Bonchev–Trinajstić information content (AvgIpc) is 3.52. The second-order valence-electron chi connectivity index (χ2n) is 14.6. The minimum Gasteiger partial charge on any atom is -0.455 e. The molecule has 36 heavy (non-hydrogen) atoms. The van der Waals surface area contributed by atoms with Crippen molar-refractivity contribution < 1.29 is 34.7 Å². The molecule has 4 N–H and O–H groups in total. The highest BCUT2D eigenvalue weighted by Gasteiger charge is 2.90. The smallest absolute Gasteiger partial charge is 0.315 e. The molecular weight excluding hydrogens is 460 g/mol. The molecule has 7 rings (SSSR count). The quantitative estimate of drug-likeness (QED) is 0.228. The van der Waals surface area contributed by atoms with E-state index in [1.165, 1.54) is 0 Å². The Morgan fingerprint density at radius 1 is 0.972 bits per heavy atom. The summed E-state index contributed by atoms with van der Waals surface area (Å²) in [4.78, 5) is 13.8. The zero-order valence-corrected chi connectivity index (χ0v) is 22.1. The number of esters is 1. The number of hydrogen-bond donors (Lipinski definition) is 4. The van der Waals surface area contributed by atoms with Crippen molar-refractivity contribution in [3.63, 3.8) is 0 Å². The Bertz CT molecular complexity index is 1060. The van der Waals surface area contributed by atoms with Gasteiger partial charge in [-0.25, -0.2) is 0 Å². The van der Waals surface area contributed by atoms with Crippen LogP contribution in [0.2, 0.25) is 0 Å². The van der Waals surface area contributed by atoms with Gasteiger partial charge in [0.2, 0.25) is 0 Å². The zero-order valence-electron chi connectivity index (χ0n) is 22.1. The van der Waals surface area contributed by atoms with Crippen LogP contribution in [0.5, 0.6) is 0 Å². The highest BCUT2D eigenvalue weighted by molar-refractivity contribution is 5.83. The first-order valence-corrected chi connectivity index (χ1v) is 14.0. The van der Waals surface area contributed by atoms with E-state index < -0.39 is 51.7 Å². The number of fused-ring (bicyclic) bond motifs is 6. The minimum atomic E-state index is -1.04. The van der Waals surface area contributed by atoms with Crippen LogP contribution >= 0.6 is 0 Å². The third-order valence-electron chi connectivity index (χ3n) is 13.6. The molecule has 2 aliphatic heterocycles. The summed E-state index contributed by atoms with van der Waals surface area (Å²) in [6, 6.07) is 0. The number of ether oxygens (including phenoxy) is 2. The molecule has 0 aromatic heterocycles. The number of hydrogen-bond acceptors (Lipinski definition) is 7. The molecule has 0 amide bonds. The van der Waals surface area contributed by atoms with Crippen molar-refractivity contribution >= 4 is 5.97 Å². The van der Waals surface area contributed by atoms with E-state index in [4.69, 9.17) is 9.47 Å². The molecule has 200 valence electrons. The molecule has 0 aromatic rings. The summed E-state index contributed by atoms with van der Waals surface area (Å²) in [6.45, 7) is 15.1. The van der Waals surface area contributed by atoms with Gasteiger partial charge in [-0.05, 0) is 60.3 Å². The van der Waals surface area contributed by atoms with Gasteiger partial charge in [0.15, 0.2) is 5.60 Å². The summed E-state index contributed by atoms with van der Waals surface area (Å²) in [5.41, 5.74) is -2.66. The van der Waals surface area contributed by atoms with Crippen LogP contribution in [0.15, 0.2) is 12.2 Å². The molecule has 5 aliphatic carbocycles. The van der Waals surface area contributed by atoms with Crippen LogP contribution < -0.4 is 0 Å². The lowest BCUT2D eigenvalue weighted by Gasteiger charge is -2.72. The van der Waals surface area contributed by atoms with E-state index in [-0.39, 0.29) is 47.8 Å². The van der Waals surface area contributed by atoms with Gasteiger partial charge in [-0.15, -0.1) is 0 Å². The number of aliphatic hydroxyl groups excluding tert-OH is 4. The van der Waals surface area contributed by atoms with Crippen LogP contribution in [-0.2, 0) is 14.3 Å². The molecule has 2 heterocycles. The first-order chi connectivity index (χ1) is 16.7. The zero-order chi connectivity index (χ0) is 26.0. The topological polar surface area (TPSA) is 120 Å². The van der Waals surface area contributed by atoms with E-state index in [0.29, 0.717) is 37.7 Å². The summed E-state index contributed by atoms with van der Waals surface area (Å²) in [5.74, 6) is -0.283. The Balaban J connectivity index is 1.42. The van der Waals surface area contributed by atoms with Crippen molar-refractivity contribution in [2.75, 3.05) is 0 Å². The van der Waals surface area contributed by atoms with E-state index in [9.17, 15) is 25.2 Å². The first kappa shape index (κ1) is 24.1. The summed E-state index contributed by atoms with van der Waals surface area (Å²) in [5, 5.41) is 44.6. The van der Waals surface area contributed by atoms with Crippen LogP contribution in [0, 0.1) is 51.2 Å². The Labute approximate surface area is 213 Å². The van der Waals surface area contributed by atoms with Crippen LogP contribution in [-0.4, -0.2) is 68.6 Å². The second kappa shape index (κ2) is 6.59. The number of rotatable bonds is 0. The van der Waals surface area contributed by atoms with E-state index >= 15 is 0 Å². The molecule has 7 aliphatic rings. The number of epoxide rings is 1. The molecule has 0 radical (unpaired) electrons. The van der Waals surface area contributed by atoms with E-state index in [1.807, 2.05) is 0 Å². The Morgan fingerprint density at radius 2 is 1.67 bits per heavy atom. The molecule has 7 fully saturated rings. The van der Waals surface area contributed by atoms with Crippen molar-refractivity contribution in [1.29, 1.82) is 0 Å². The maximum absolute atomic E-state index is 13.8. The van der Waals surface area contributed by atoms with Crippen molar-refractivity contribution in [3.8, 4) is 0 Å². The molecule has 2 bridgehead atoms. The lowest BCUT2D eigenvalue weighted by atomic mass is 9.31. The monoisotopic (exact) mass is 502 g/mol. The number of carbonyl (C=O) groups excluding carboxylic acids is 1. The normalized spacial score (nSPS) is 67.0. The fraction of sp³-hybridized carbons (Fsp3) is 0.897. The van der Waals surface area contributed by atoms with Crippen LogP contribution in [0.1, 0.15) is 66.7 Å². The molecular formula is C29H42O7. The predicted octanol–water partition coefficient (Wildman–Crippen LogP) is 2.19. The Morgan fingerprint density at radius 3 is 2.36 bits per heavy atom. The van der Waals surface area contributed by atoms with E-state index in [2.05, 4.69) is 41.2 Å². The largest absolute Gasteiger partial charge is 0.455 e. The molecule has 0 unspecified atom stereocenters. The standard InChI is InChI=1S/C29H42O7/c1-12-9-17(32)28-8-7-27(6)26(5)11-15(30)18-14(3)19(33)16(31)10-25(18,4)22(26)20-23(35-20)29(27,36-24(28)34)21(28)13(12)2/h12-13,15-23,30-33H,3,7-11H2,1-2,4-6H3/t12-,13+,15-,16-,17+,18-,19-,20+,21-,22-,23+,25+,26-,27+,28-,29-/m1/s1. The highest BCUT2D eigenvalue weighted by Crippen LogP contribution is 2.83. The van der Waals surface area contributed by atoms with Gasteiger partial charge in [-0.2, -0.15) is 0 Å². The molecule has 1 spiro atoms. The van der Waals surface area contributed by atoms with Gasteiger partial charge in [0.25, 0.3) is 0 Å². The highest BCUT2D eigenvalue weighted by atomic mass is 16.6. The maximum Gasteiger partial charge on any atom is 0.315 e. The van der Waals surface area contributed by atoms with Gasteiger partial charge in [0.1, 0.15) is 17.6 Å². The van der Waals surface area contributed by atoms with Gasteiger partial charge >= 0.3 is 5.97 Å². The fourth-order valence-electron chi connectivity index (χ4n) is 11.9. The van der Waals surface area contributed by atoms with Gasteiger partial charge < -0.3 is 29.9 Å². The predicted molar refractivity (Wildman–Crippen MR) is 129 cm³/mol. The Kier molecular flexibility index (Phi) is 4.41. The van der Waals surface area contributed by atoms with Crippen molar-refractivity contribution in [2.45, 2.75) is 109 Å². The molecule has 7 heteroatoms. The van der Waals surface area contributed by atoms with Crippen LogP contribution in [0.25, 0.3) is 0 Å². The Hall–Kier alpha value is -0.990. The number of aliphatic hydroxyl groups is 4. The summed E-state index contributed by atoms with van der Waals surface area (Å²) >= 11 is 0. The number of carbonyl (C=O) groups is 1. The van der Waals surface area contributed by atoms with Crippen molar-refractivity contribution in [3.05, 3.63) is 12.2 Å². The van der Waals surface area contributed by atoms with Crippen molar-refractivity contribution in [1.82, 2.24) is 0 Å². The fourth-order valence-corrected chi connectivity index (χ4v) is 11.9. The summed E-state index contributed by atoms with van der Waals surface area (Å²) in [7, 11) is 0. The van der Waals surface area contributed by atoms with Gasteiger partial charge in [0.05, 0.1) is 24.4 Å². The molecule has 0 aromatic carbocycles. The van der Waals surface area contributed by atoms with Gasteiger partial charge in [-0.3, -0.25) is 4.79 Å². The third kappa shape index (κ3) is 2.16. The average molecular weight is 503 g/mol. The van der Waals surface area contributed by atoms with Crippen molar-refractivity contribution in [2.24, 2.45) is 51.2 Å². The lowest BCUT2D eigenvalue weighted by molar-refractivity contribution is -0.284. The summed E-state index contributed by atoms with van der Waals surface area (Å²) in [6.07, 6.45) is -1.09. The molecule has 2 saturated heterocycles. The van der Waals surface area contributed by atoms with E-state index in [0.717, 1.165) is 0 Å². The minimum absolute atomic E-state index is 0.00553. The lowest BCUT2D eigenvalue weighted by Crippen LogP contribution is -2.77. The van der Waals surface area contributed by atoms with E-state index in [1.54, 1.807) is 0 Å². The van der Waals surface area contributed by atoms with Gasteiger partial charge in [-0.1, -0.05) is 41.2 Å². The first-order valence-electron chi connectivity index (χ1n) is 14.0. The van der Waals surface area contributed by atoms with Gasteiger partial charge in [0, 0.05) is 23.2 Å². The SMILES string of the molecule is C=C1[C@@H](O)[C@H](O)C[C@@]2(C)[C@H]1[C@H](O)C[C@]1(C)[C@@H]2[C@@H]2O[C@@H]2[C@@]23OC(=O)[C@@]4(CC[C@]21C)[C@H]3[C@@H](C)[C@H](C)C[C@@H]4O. The molecule has 7 nitrogen and oxygen atoms in total. The molecule has 16 atom stereocenters. The van der Waals surface area contributed by atoms with Crippen LogP contribution in [0.3, 0.4) is 0 Å². The molecule has 5 saturated carbocycles.